The Morgan fingerprint density at radius 3 is 2.64 bits per heavy atom. The van der Waals surface area contributed by atoms with Crippen LogP contribution >= 0.6 is 11.6 Å². The molecule has 3 heterocycles. The number of hydrogen-bond acceptors (Lipinski definition) is 5. The first-order valence-electron chi connectivity index (χ1n) is 9.99. The number of carbonyl (C=O) groups excluding carboxylic acids is 2. The minimum Gasteiger partial charge on any atom is -0.384 e. The summed E-state index contributed by atoms with van der Waals surface area (Å²) in [5.74, 6) is -1.33. The molecule has 0 fully saturated rings. The predicted octanol–water partition coefficient (Wildman–Crippen LogP) is 5.02. The third-order valence-electron chi connectivity index (χ3n) is 5.67. The van der Waals surface area contributed by atoms with Crippen molar-refractivity contribution in [1.29, 1.82) is 0 Å². The second kappa shape index (κ2) is 8.18. The lowest BCUT2D eigenvalue weighted by Crippen LogP contribution is -2.29. The lowest BCUT2D eigenvalue weighted by molar-refractivity contribution is -0.137. The molecule has 172 valence electrons. The summed E-state index contributed by atoms with van der Waals surface area (Å²) in [7, 11) is 0. The molecule has 33 heavy (non-hydrogen) atoms. The van der Waals surface area contributed by atoms with Crippen molar-refractivity contribution in [2.24, 2.45) is 0 Å². The van der Waals surface area contributed by atoms with Gasteiger partial charge in [-0.25, -0.2) is 4.98 Å². The van der Waals surface area contributed by atoms with Crippen molar-refractivity contribution in [1.82, 2.24) is 14.8 Å². The molecule has 2 aromatic heterocycles. The first-order chi connectivity index (χ1) is 15.5. The van der Waals surface area contributed by atoms with Gasteiger partial charge in [0.25, 0.3) is 5.91 Å². The van der Waals surface area contributed by atoms with E-state index in [-0.39, 0.29) is 34.6 Å². The van der Waals surface area contributed by atoms with Crippen LogP contribution in [0.5, 0.6) is 0 Å². The zero-order valence-electron chi connectivity index (χ0n) is 17.6. The molecule has 1 amide bonds. The third kappa shape index (κ3) is 4.18. The maximum Gasteiger partial charge on any atom is 0.417 e. The topological polar surface area (TPSA) is 103 Å². The number of fused-ring (bicyclic) bond motifs is 1. The number of aromatic nitrogens is 3. The molecule has 4 rings (SSSR count). The maximum atomic E-state index is 13.4. The highest BCUT2D eigenvalue weighted by atomic mass is 35.5. The summed E-state index contributed by atoms with van der Waals surface area (Å²) in [4.78, 5) is 30.1. The molecule has 3 N–H and O–H groups in total. The van der Waals surface area contributed by atoms with Crippen molar-refractivity contribution < 1.29 is 22.8 Å². The Hall–Kier alpha value is -3.40. The molecule has 0 saturated heterocycles. The van der Waals surface area contributed by atoms with Crippen LogP contribution in [0.1, 0.15) is 62.8 Å². The molecule has 0 spiro atoms. The monoisotopic (exact) mass is 477 g/mol. The van der Waals surface area contributed by atoms with Gasteiger partial charge in [0, 0.05) is 6.20 Å². The van der Waals surface area contributed by atoms with E-state index in [1.165, 1.54) is 29.2 Å². The number of amides is 1. The maximum absolute atomic E-state index is 13.4. The number of hydrogen-bond donors (Lipinski definition) is 2. The van der Waals surface area contributed by atoms with Crippen LogP contribution in [0.25, 0.3) is 0 Å². The Balaban J connectivity index is 1.66. The standard InChI is InChI=1S/C22H19ClF3N5O2/c1-10-5-18(27)28-8-14(10)21(33)30-17-9-29-31-11(2)6-13(20(32)19(17)31)12-3-4-15(16(23)7-12)22(24,25)26/h3-5,7-9,11,13H,6H2,1-2H3,(H2,27,28)(H,30,33)/t11-,13?/m0/s1. The minimum absolute atomic E-state index is 0.171. The fourth-order valence-corrected chi connectivity index (χ4v) is 4.31. The summed E-state index contributed by atoms with van der Waals surface area (Å²) in [5, 5.41) is 6.45. The molecule has 3 aromatic rings. The summed E-state index contributed by atoms with van der Waals surface area (Å²) < 4.78 is 40.7. The largest absolute Gasteiger partial charge is 0.417 e. The molecule has 1 unspecified atom stereocenters. The number of halogens is 4. The smallest absolute Gasteiger partial charge is 0.384 e. The van der Waals surface area contributed by atoms with Crippen molar-refractivity contribution in [3.8, 4) is 0 Å². The fraction of sp³-hybridized carbons (Fsp3) is 0.273. The van der Waals surface area contributed by atoms with Gasteiger partial charge in [-0.2, -0.15) is 18.3 Å². The Kier molecular flexibility index (Phi) is 5.65. The molecule has 2 atom stereocenters. The summed E-state index contributed by atoms with van der Waals surface area (Å²) >= 11 is 5.87. The van der Waals surface area contributed by atoms with Gasteiger partial charge in [0.05, 0.1) is 40.0 Å². The second-order valence-electron chi connectivity index (χ2n) is 7.97. The van der Waals surface area contributed by atoms with E-state index >= 15 is 0 Å². The van der Waals surface area contributed by atoms with Crippen LogP contribution in [0.3, 0.4) is 0 Å². The van der Waals surface area contributed by atoms with E-state index in [4.69, 9.17) is 17.3 Å². The van der Waals surface area contributed by atoms with Crippen molar-refractivity contribution in [3.63, 3.8) is 0 Å². The summed E-state index contributed by atoms with van der Waals surface area (Å²) in [6, 6.07) is 4.63. The molecule has 0 bridgehead atoms. The molecule has 1 aromatic carbocycles. The minimum atomic E-state index is -4.59. The Labute approximate surface area is 191 Å². The normalized spacial score (nSPS) is 18.2. The average molecular weight is 478 g/mol. The number of Topliss-reactive ketones (excluding diaryl/α,β-unsaturated/α-hetero) is 1. The molecular weight excluding hydrogens is 459 g/mol. The molecule has 11 heteroatoms. The van der Waals surface area contributed by atoms with E-state index in [9.17, 15) is 22.8 Å². The van der Waals surface area contributed by atoms with Gasteiger partial charge in [-0.1, -0.05) is 17.7 Å². The number of nitrogens with two attached hydrogens (primary N) is 1. The van der Waals surface area contributed by atoms with Crippen molar-refractivity contribution in [2.45, 2.75) is 38.4 Å². The van der Waals surface area contributed by atoms with Crippen LogP contribution in [-0.2, 0) is 6.18 Å². The predicted molar refractivity (Wildman–Crippen MR) is 116 cm³/mol. The van der Waals surface area contributed by atoms with E-state index in [0.717, 1.165) is 6.07 Å². The highest BCUT2D eigenvalue weighted by Gasteiger charge is 2.38. The van der Waals surface area contributed by atoms with E-state index in [0.29, 0.717) is 17.5 Å². The van der Waals surface area contributed by atoms with Crippen LogP contribution in [0, 0.1) is 6.92 Å². The van der Waals surface area contributed by atoms with Crippen molar-refractivity contribution in [2.75, 3.05) is 11.1 Å². The fourth-order valence-electron chi connectivity index (χ4n) is 4.02. The number of nitrogens with zero attached hydrogens (tertiary/aromatic N) is 3. The van der Waals surface area contributed by atoms with Gasteiger partial charge >= 0.3 is 6.18 Å². The van der Waals surface area contributed by atoms with Crippen molar-refractivity contribution >= 4 is 34.8 Å². The van der Waals surface area contributed by atoms with E-state index < -0.39 is 28.6 Å². The number of nitrogen functional groups attached to an aromatic ring is 1. The SMILES string of the molecule is Cc1cc(N)ncc1C(=O)Nc1cnn2c1C(=O)C(c1ccc(C(F)(F)F)c(Cl)c1)C[C@@H]2C. The second-order valence-corrected chi connectivity index (χ2v) is 8.38. The quantitative estimate of drug-likeness (QED) is 0.551. The van der Waals surface area contributed by atoms with Gasteiger partial charge in [-0.3, -0.25) is 14.3 Å². The average Bonchev–Trinajstić information content (AvgIpc) is 3.14. The number of benzene rings is 1. The number of ketones is 1. The van der Waals surface area contributed by atoms with E-state index in [1.807, 2.05) is 6.92 Å². The molecule has 7 nitrogen and oxygen atoms in total. The molecular formula is C22H19ClF3N5O2. The zero-order valence-corrected chi connectivity index (χ0v) is 18.3. The van der Waals surface area contributed by atoms with Gasteiger partial charge < -0.3 is 11.1 Å². The summed E-state index contributed by atoms with van der Waals surface area (Å²) in [6.07, 6.45) is -1.55. The van der Waals surface area contributed by atoms with Gasteiger partial charge in [0.2, 0.25) is 0 Å². The number of aryl methyl sites for hydroxylation is 1. The number of nitrogens with one attached hydrogen (secondary N) is 1. The van der Waals surface area contributed by atoms with Gasteiger partial charge in [-0.05, 0) is 49.6 Å². The number of anilines is 2. The molecule has 1 aliphatic rings. The summed E-state index contributed by atoms with van der Waals surface area (Å²) in [6.45, 7) is 3.54. The Morgan fingerprint density at radius 2 is 2.00 bits per heavy atom. The first-order valence-corrected chi connectivity index (χ1v) is 10.4. The van der Waals surface area contributed by atoms with Crippen LogP contribution in [0.15, 0.2) is 36.7 Å². The Bertz CT molecular complexity index is 1270. The number of rotatable bonds is 3. The van der Waals surface area contributed by atoms with Crippen LogP contribution in [-0.4, -0.2) is 26.5 Å². The lowest BCUT2D eigenvalue weighted by Gasteiger charge is -2.28. The highest BCUT2D eigenvalue weighted by Crippen LogP contribution is 2.41. The molecule has 1 aliphatic heterocycles. The van der Waals surface area contributed by atoms with E-state index in [1.54, 1.807) is 13.0 Å². The van der Waals surface area contributed by atoms with Gasteiger partial charge in [0.1, 0.15) is 11.5 Å². The van der Waals surface area contributed by atoms with Crippen LogP contribution < -0.4 is 11.1 Å². The van der Waals surface area contributed by atoms with E-state index in [2.05, 4.69) is 15.4 Å². The van der Waals surface area contributed by atoms with Crippen LogP contribution in [0.4, 0.5) is 24.7 Å². The molecule has 0 saturated carbocycles. The molecule has 0 aliphatic carbocycles. The Morgan fingerprint density at radius 1 is 1.27 bits per heavy atom. The van der Waals surface area contributed by atoms with Gasteiger partial charge in [0.15, 0.2) is 5.78 Å². The highest BCUT2D eigenvalue weighted by molar-refractivity contribution is 6.31. The zero-order chi connectivity index (χ0) is 24.1. The first kappa shape index (κ1) is 22.8. The third-order valence-corrected chi connectivity index (χ3v) is 5.98. The number of pyridine rings is 1. The molecule has 0 radical (unpaired) electrons. The van der Waals surface area contributed by atoms with Crippen molar-refractivity contribution in [3.05, 3.63) is 69.6 Å². The lowest BCUT2D eigenvalue weighted by atomic mass is 9.84. The van der Waals surface area contributed by atoms with Crippen LogP contribution in [0.2, 0.25) is 5.02 Å². The summed E-state index contributed by atoms with van der Waals surface area (Å²) in [5.41, 5.74) is 6.30. The van der Waals surface area contributed by atoms with Gasteiger partial charge in [-0.15, -0.1) is 0 Å². The number of alkyl halides is 3. The number of carbonyl (C=O) groups is 2.